The van der Waals surface area contributed by atoms with E-state index in [-0.39, 0.29) is 13.0 Å². The monoisotopic (exact) mass is 253 g/mol. The topological polar surface area (TPSA) is 22.1 Å². The smallest absolute Gasteiger partial charge is 0.389 e. The number of nitrogens with zero attached hydrogens (tertiary/aromatic N) is 1. The second kappa shape index (κ2) is 5.94. The van der Waals surface area contributed by atoms with Crippen LogP contribution in [-0.4, -0.2) is 17.8 Å². The summed E-state index contributed by atoms with van der Waals surface area (Å²) in [5.41, 5.74) is 0.837. The van der Waals surface area contributed by atoms with Gasteiger partial charge < -0.3 is 4.74 Å². The van der Waals surface area contributed by atoms with Gasteiger partial charge in [-0.25, -0.2) is 4.98 Å². The maximum absolute atomic E-state index is 11.8. The SMILES string of the molecule is FC(F)(F)CCCOc1ccc(CCl)cn1. The Kier molecular flexibility index (Phi) is 4.86. The minimum atomic E-state index is -4.13. The van der Waals surface area contributed by atoms with Crippen LogP contribution in [0.4, 0.5) is 13.2 Å². The van der Waals surface area contributed by atoms with Gasteiger partial charge in [0.1, 0.15) is 0 Å². The molecule has 0 aliphatic carbocycles. The lowest BCUT2D eigenvalue weighted by Crippen LogP contribution is -2.10. The van der Waals surface area contributed by atoms with Crippen LogP contribution in [0.25, 0.3) is 0 Å². The van der Waals surface area contributed by atoms with Crippen molar-refractivity contribution in [1.29, 1.82) is 0 Å². The molecule has 6 heteroatoms. The second-order valence-electron chi connectivity index (χ2n) is 3.21. The lowest BCUT2D eigenvalue weighted by atomic mass is 10.3. The van der Waals surface area contributed by atoms with Crippen molar-refractivity contribution >= 4 is 11.6 Å². The van der Waals surface area contributed by atoms with E-state index in [0.29, 0.717) is 11.8 Å². The number of pyridine rings is 1. The van der Waals surface area contributed by atoms with Gasteiger partial charge in [0.05, 0.1) is 6.61 Å². The predicted octanol–water partition coefficient (Wildman–Crippen LogP) is 3.54. The highest BCUT2D eigenvalue weighted by Gasteiger charge is 2.26. The van der Waals surface area contributed by atoms with Crippen LogP contribution in [0.2, 0.25) is 0 Å². The number of hydrogen-bond donors (Lipinski definition) is 0. The third-order valence-corrected chi connectivity index (χ3v) is 2.12. The summed E-state index contributed by atoms with van der Waals surface area (Å²) in [6.07, 6.45) is -3.50. The summed E-state index contributed by atoms with van der Waals surface area (Å²) >= 11 is 5.55. The zero-order valence-electron chi connectivity index (χ0n) is 8.43. The molecule has 1 aromatic rings. The molecule has 1 aromatic heterocycles. The maximum Gasteiger partial charge on any atom is 0.389 e. The summed E-state index contributed by atoms with van der Waals surface area (Å²) in [6, 6.07) is 3.31. The first-order valence-electron chi connectivity index (χ1n) is 4.72. The summed E-state index contributed by atoms with van der Waals surface area (Å²) in [7, 11) is 0. The van der Waals surface area contributed by atoms with Crippen LogP contribution < -0.4 is 4.74 Å². The number of ether oxygens (including phenoxy) is 1. The molecule has 0 aliphatic rings. The summed E-state index contributed by atoms with van der Waals surface area (Å²) < 4.78 is 40.4. The third-order valence-electron chi connectivity index (χ3n) is 1.81. The summed E-state index contributed by atoms with van der Waals surface area (Å²) in [5, 5.41) is 0. The van der Waals surface area contributed by atoms with E-state index in [0.717, 1.165) is 5.56 Å². The second-order valence-corrected chi connectivity index (χ2v) is 3.47. The standard InChI is InChI=1S/C10H11ClF3NO/c11-6-8-2-3-9(15-7-8)16-5-1-4-10(12,13)14/h2-3,7H,1,4-6H2. The van der Waals surface area contributed by atoms with Crippen LogP contribution >= 0.6 is 11.6 Å². The summed E-state index contributed by atoms with van der Waals surface area (Å²) in [5.74, 6) is 0.664. The van der Waals surface area contributed by atoms with E-state index < -0.39 is 12.6 Å². The molecule has 16 heavy (non-hydrogen) atoms. The van der Waals surface area contributed by atoms with Gasteiger partial charge in [0.25, 0.3) is 0 Å². The number of rotatable bonds is 5. The number of halogens is 4. The molecule has 0 aliphatic heterocycles. The summed E-state index contributed by atoms with van der Waals surface area (Å²) in [6.45, 7) is 0.00668. The Labute approximate surface area is 96.4 Å². The molecule has 0 N–H and O–H groups in total. The number of aromatic nitrogens is 1. The average Bonchev–Trinajstić information content (AvgIpc) is 2.24. The largest absolute Gasteiger partial charge is 0.478 e. The number of alkyl halides is 4. The molecule has 0 saturated heterocycles. The van der Waals surface area contributed by atoms with Crippen molar-refractivity contribution in [3.63, 3.8) is 0 Å². The van der Waals surface area contributed by atoms with Crippen molar-refractivity contribution < 1.29 is 17.9 Å². The Morgan fingerprint density at radius 1 is 1.31 bits per heavy atom. The van der Waals surface area contributed by atoms with Crippen molar-refractivity contribution in [2.75, 3.05) is 6.61 Å². The Hall–Kier alpha value is -0.970. The van der Waals surface area contributed by atoms with Crippen LogP contribution in [-0.2, 0) is 5.88 Å². The van der Waals surface area contributed by atoms with Gasteiger partial charge in [0.15, 0.2) is 0 Å². The van der Waals surface area contributed by atoms with Crippen molar-refractivity contribution in [1.82, 2.24) is 4.98 Å². The van der Waals surface area contributed by atoms with Crippen molar-refractivity contribution in [2.45, 2.75) is 24.9 Å². The highest BCUT2D eigenvalue weighted by Crippen LogP contribution is 2.21. The Morgan fingerprint density at radius 2 is 2.06 bits per heavy atom. The zero-order chi connectivity index (χ0) is 12.0. The van der Waals surface area contributed by atoms with Crippen LogP contribution in [0.1, 0.15) is 18.4 Å². The van der Waals surface area contributed by atoms with E-state index in [4.69, 9.17) is 16.3 Å². The molecule has 0 amide bonds. The van der Waals surface area contributed by atoms with E-state index in [1.165, 1.54) is 6.20 Å². The Morgan fingerprint density at radius 3 is 2.56 bits per heavy atom. The quantitative estimate of drug-likeness (QED) is 0.591. The van der Waals surface area contributed by atoms with E-state index >= 15 is 0 Å². The molecule has 0 radical (unpaired) electrons. The molecule has 0 fully saturated rings. The molecule has 0 atom stereocenters. The lowest BCUT2D eigenvalue weighted by molar-refractivity contribution is -0.136. The van der Waals surface area contributed by atoms with Crippen LogP contribution in [0.3, 0.4) is 0 Å². The fourth-order valence-electron chi connectivity index (χ4n) is 1.02. The first-order valence-corrected chi connectivity index (χ1v) is 5.25. The molecular weight excluding hydrogens is 243 g/mol. The molecular formula is C10H11ClF3NO. The summed E-state index contributed by atoms with van der Waals surface area (Å²) in [4.78, 5) is 3.90. The van der Waals surface area contributed by atoms with Crippen molar-refractivity contribution in [2.24, 2.45) is 0 Å². The predicted molar refractivity (Wildman–Crippen MR) is 54.6 cm³/mol. The van der Waals surface area contributed by atoms with Gasteiger partial charge in [-0.3, -0.25) is 0 Å². The van der Waals surface area contributed by atoms with E-state index in [9.17, 15) is 13.2 Å². The fraction of sp³-hybridized carbons (Fsp3) is 0.500. The van der Waals surface area contributed by atoms with Gasteiger partial charge >= 0.3 is 6.18 Å². The molecule has 90 valence electrons. The van der Waals surface area contributed by atoms with Gasteiger partial charge in [0, 0.05) is 24.6 Å². The third kappa shape index (κ3) is 5.21. The van der Waals surface area contributed by atoms with E-state index in [2.05, 4.69) is 4.98 Å². The van der Waals surface area contributed by atoms with Gasteiger partial charge in [-0.1, -0.05) is 6.07 Å². The lowest BCUT2D eigenvalue weighted by Gasteiger charge is -2.07. The molecule has 0 spiro atoms. The van der Waals surface area contributed by atoms with Gasteiger partial charge in [-0.15, -0.1) is 11.6 Å². The maximum atomic E-state index is 11.8. The molecule has 0 aromatic carbocycles. The first kappa shape index (κ1) is 13.1. The zero-order valence-corrected chi connectivity index (χ0v) is 9.18. The normalized spacial score (nSPS) is 11.5. The molecule has 1 heterocycles. The van der Waals surface area contributed by atoms with Crippen molar-refractivity contribution in [3.8, 4) is 5.88 Å². The van der Waals surface area contributed by atoms with Gasteiger partial charge in [-0.05, 0) is 12.0 Å². The molecule has 0 saturated carbocycles. The van der Waals surface area contributed by atoms with Gasteiger partial charge in [0.2, 0.25) is 5.88 Å². The van der Waals surface area contributed by atoms with Crippen LogP contribution in [0.15, 0.2) is 18.3 Å². The van der Waals surface area contributed by atoms with E-state index in [1.807, 2.05) is 0 Å². The molecule has 1 rings (SSSR count). The Bertz CT molecular complexity index is 313. The van der Waals surface area contributed by atoms with Crippen LogP contribution in [0.5, 0.6) is 5.88 Å². The minimum absolute atomic E-state index is 0.00668. The highest BCUT2D eigenvalue weighted by atomic mass is 35.5. The number of hydrogen-bond acceptors (Lipinski definition) is 2. The first-order chi connectivity index (χ1) is 7.51. The molecule has 0 bridgehead atoms. The minimum Gasteiger partial charge on any atom is -0.478 e. The van der Waals surface area contributed by atoms with E-state index in [1.54, 1.807) is 12.1 Å². The molecule has 2 nitrogen and oxygen atoms in total. The van der Waals surface area contributed by atoms with Crippen molar-refractivity contribution in [3.05, 3.63) is 23.9 Å². The fourth-order valence-corrected chi connectivity index (χ4v) is 1.18. The van der Waals surface area contributed by atoms with Crippen LogP contribution in [0, 0.1) is 0 Å². The van der Waals surface area contributed by atoms with Gasteiger partial charge in [-0.2, -0.15) is 13.2 Å². The Balaban J connectivity index is 2.27. The average molecular weight is 254 g/mol. The highest BCUT2D eigenvalue weighted by molar-refractivity contribution is 6.17. The molecule has 0 unspecified atom stereocenters.